The summed E-state index contributed by atoms with van der Waals surface area (Å²) in [6.07, 6.45) is 3.22. The lowest BCUT2D eigenvalue weighted by atomic mass is 10.3. The molecule has 0 amide bonds. The van der Waals surface area contributed by atoms with Crippen LogP contribution in [0.1, 0.15) is 19.8 Å². The van der Waals surface area contributed by atoms with E-state index < -0.39 is 4.92 Å². The molecule has 0 aliphatic heterocycles. The van der Waals surface area contributed by atoms with E-state index in [1.807, 2.05) is 12.1 Å². The van der Waals surface area contributed by atoms with Crippen LogP contribution in [0.2, 0.25) is 0 Å². The monoisotopic (exact) mass is 327 g/mol. The minimum Gasteiger partial charge on any atom is -0.354 e. The van der Waals surface area contributed by atoms with E-state index in [0.717, 1.165) is 12.8 Å². The number of rotatable bonds is 6. The fraction of sp³-hybridized carbons (Fsp3) is 0.333. The molecular formula is C15H17N7O2. The first-order valence-corrected chi connectivity index (χ1v) is 7.64. The first-order valence-electron chi connectivity index (χ1n) is 7.64. The molecule has 0 atom stereocenters. The molecule has 3 aromatic rings. The normalized spacial score (nSPS) is 10.9. The Hall–Kier alpha value is -3.10. The predicted octanol–water partition coefficient (Wildman–Crippen LogP) is 2.36. The molecule has 0 radical (unpaired) electrons. The summed E-state index contributed by atoms with van der Waals surface area (Å²) >= 11 is 0. The Balaban J connectivity index is 2.16. The number of anilines is 1. The highest BCUT2D eigenvalue weighted by Gasteiger charge is 2.28. The topological polar surface area (TPSA) is 103 Å². The largest absolute Gasteiger partial charge is 0.355 e. The Morgan fingerprint density at radius 1 is 1.29 bits per heavy atom. The lowest BCUT2D eigenvalue weighted by Crippen LogP contribution is -2.22. The van der Waals surface area contributed by atoms with Crippen LogP contribution in [0.5, 0.6) is 0 Å². The summed E-state index contributed by atoms with van der Waals surface area (Å²) in [6.45, 7) is 2.74. The highest BCUT2D eigenvalue weighted by molar-refractivity contribution is 5.77. The van der Waals surface area contributed by atoms with Gasteiger partial charge in [-0.2, -0.15) is 4.68 Å². The first-order chi connectivity index (χ1) is 11.6. The molecule has 24 heavy (non-hydrogen) atoms. The summed E-state index contributed by atoms with van der Waals surface area (Å²) in [6, 6.07) is 7.24. The van der Waals surface area contributed by atoms with E-state index in [1.165, 1.54) is 11.0 Å². The van der Waals surface area contributed by atoms with Crippen LogP contribution in [-0.2, 0) is 0 Å². The van der Waals surface area contributed by atoms with Gasteiger partial charge in [-0.15, -0.1) is 5.10 Å². The minimum atomic E-state index is -0.469. The maximum absolute atomic E-state index is 11.7. The van der Waals surface area contributed by atoms with Gasteiger partial charge in [0.2, 0.25) is 11.6 Å². The van der Waals surface area contributed by atoms with E-state index >= 15 is 0 Å². The number of para-hydroxylation sites is 1. The average Bonchev–Trinajstić information content (AvgIpc) is 3.02. The van der Waals surface area contributed by atoms with Gasteiger partial charge in [0, 0.05) is 13.6 Å². The van der Waals surface area contributed by atoms with Gasteiger partial charge in [-0.05, 0) is 18.6 Å². The number of unbranched alkanes of at least 4 members (excludes halogenated alkanes) is 1. The standard InChI is InChI=1S/C15H17N7O2/c1-3-4-9-20(2)14-13(22(23)24)15(17-10-16-14)21-12-8-6-5-7-11(12)18-19-21/h5-8,10H,3-4,9H2,1-2H3. The summed E-state index contributed by atoms with van der Waals surface area (Å²) in [5, 5.41) is 19.8. The summed E-state index contributed by atoms with van der Waals surface area (Å²) in [5.41, 5.74) is 1.12. The first kappa shape index (κ1) is 15.8. The zero-order chi connectivity index (χ0) is 17.1. The number of aromatic nitrogens is 5. The number of hydrogen-bond donors (Lipinski definition) is 0. The molecule has 2 aromatic heterocycles. The zero-order valence-electron chi connectivity index (χ0n) is 13.5. The van der Waals surface area contributed by atoms with Crippen LogP contribution in [0.15, 0.2) is 30.6 Å². The van der Waals surface area contributed by atoms with Crippen molar-refractivity contribution in [2.45, 2.75) is 19.8 Å². The van der Waals surface area contributed by atoms with Gasteiger partial charge in [-0.25, -0.2) is 9.97 Å². The zero-order valence-corrected chi connectivity index (χ0v) is 13.5. The van der Waals surface area contributed by atoms with Crippen molar-refractivity contribution in [1.82, 2.24) is 25.0 Å². The van der Waals surface area contributed by atoms with Crippen molar-refractivity contribution < 1.29 is 4.92 Å². The Labute approximate surface area is 138 Å². The van der Waals surface area contributed by atoms with Gasteiger partial charge in [0.1, 0.15) is 11.8 Å². The van der Waals surface area contributed by atoms with Gasteiger partial charge in [-0.3, -0.25) is 10.1 Å². The molecule has 3 rings (SSSR count). The van der Waals surface area contributed by atoms with E-state index in [2.05, 4.69) is 27.2 Å². The molecular weight excluding hydrogens is 310 g/mol. The van der Waals surface area contributed by atoms with E-state index in [-0.39, 0.29) is 17.3 Å². The van der Waals surface area contributed by atoms with Crippen LogP contribution < -0.4 is 4.90 Å². The quantitative estimate of drug-likeness (QED) is 0.505. The molecule has 0 spiro atoms. The third-order valence-electron chi connectivity index (χ3n) is 3.73. The second-order valence-electron chi connectivity index (χ2n) is 5.39. The molecule has 0 aliphatic carbocycles. The summed E-state index contributed by atoms with van der Waals surface area (Å²) < 4.78 is 1.38. The van der Waals surface area contributed by atoms with Crippen molar-refractivity contribution in [2.24, 2.45) is 0 Å². The van der Waals surface area contributed by atoms with E-state index in [1.54, 1.807) is 24.1 Å². The maximum atomic E-state index is 11.7. The van der Waals surface area contributed by atoms with E-state index in [0.29, 0.717) is 17.6 Å². The molecule has 0 saturated carbocycles. The lowest BCUT2D eigenvalue weighted by molar-refractivity contribution is -0.384. The smallest absolute Gasteiger partial charge is 0.354 e. The van der Waals surface area contributed by atoms with Gasteiger partial charge < -0.3 is 4.90 Å². The predicted molar refractivity (Wildman–Crippen MR) is 89.3 cm³/mol. The lowest BCUT2D eigenvalue weighted by Gasteiger charge is -2.18. The van der Waals surface area contributed by atoms with Gasteiger partial charge in [0.25, 0.3) is 0 Å². The van der Waals surface area contributed by atoms with E-state index in [9.17, 15) is 10.1 Å². The third kappa shape index (κ3) is 2.75. The van der Waals surface area contributed by atoms with Crippen LogP contribution in [0, 0.1) is 10.1 Å². The van der Waals surface area contributed by atoms with Crippen molar-refractivity contribution in [3.8, 4) is 5.82 Å². The third-order valence-corrected chi connectivity index (χ3v) is 3.73. The average molecular weight is 327 g/mol. The molecule has 0 saturated heterocycles. The molecule has 1 aromatic carbocycles. The Bertz CT molecular complexity index is 877. The number of nitro groups is 1. The minimum absolute atomic E-state index is 0.113. The Kier molecular flexibility index (Phi) is 4.32. The summed E-state index contributed by atoms with van der Waals surface area (Å²) in [7, 11) is 1.79. The van der Waals surface area contributed by atoms with Crippen molar-refractivity contribution in [3.63, 3.8) is 0 Å². The van der Waals surface area contributed by atoms with Crippen LogP contribution >= 0.6 is 0 Å². The second-order valence-corrected chi connectivity index (χ2v) is 5.39. The van der Waals surface area contributed by atoms with Crippen molar-refractivity contribution >= 4 is 22.5 Å². The number of hydrogen-bond acceptors (Lipinski definition) is 7. The molecule has 0 bridgehead atoms. The van der Waals surface area contributed by atoms with Gasteiger partial charge in [-0.1, -0.05) is 30.7 Å². The fourth-order valence-corrected chi connectivity index (χ4v) is 2.48. The molecule has 0 unspecified atom stereocenters. The SMILES string of the molecule is CCCCN(C)c1ncnc(-n2nnc3ccccc32)c1[N+](=O)[O-]. The number of benzene rings is 1. The molecule has 2 heterocycles. The van der Waals surface area contributed by atoms with Crippen LogP contribution in [0.4, 0.5) is 11.5 Å². The van der Waals surface area contributed by atoms with Crippen LogP contribution in [0.3, 0.4) is 0 Å². The highest BCUT2D eigenvalue weighted by atomic mass is 16.6. The van der Waals surface area contributed by atoms with Crippen LogP contribution in [-0.4, -0.2) is 43.5 Å². The Morgan fingerprint density at radius 2 is 2.08 bits per heavy atom. The molecule has 9 heteroatoms. The van der Waals surface area contributed by atoms with Gasteiger partial charge in [0.15, 0.2) is 0 Å². The van der Waals surface area contributed by atoms with E-state index in [4.69, 9.17) is 0 Å². The van der Waals surface area contributed by atoms with Crippen LogP contribution in [0.25, 0.3) is 16.9 Å². The molecule has 124 valence electrons. The Morgan fingerprint density at radius 3 is 2.83 bits per heavy atom. The number of fused-ring (bicyclic) bond motifs is 1. The molecule has 0 N–H and O–H groups in total. The maximum Gasteiger partial charge on any atom is 0.355 e. The number of nitrogens with zero attached hydrogens (tertiary/aromatic N) is 7. The molecule has 0 fully saturated rings. The molecule has 9 nitrogen and oxygen atoms in total. The summed E-state index contributed by atoms with van der Waals surface area (Å²) in [4.78, 5) is 21.2. The van der Waals surface area contributed by atoms with Crippen molar-refractivity contribution in [1.29, 1.82) is 0 Å². The van der Waals surface area contributed by atoms with Crippen molar-refractivity contribution in [2.75, 3.05) is 18.5 Å². The van der Waals surface area contributed by atoms with Gasteiger partial charge in [0.05, 0.1) is 10.4 Å². The fourth-order valence-electron chi connectivity index (χ4n) is 2.48. The molecule has 0 aliphatic rings. The van der Waals surface area contributed by atoms with Crippen molar-refractivity contribution in [3.05, 3.63) is 40.7 Å². The summed E-state index contributed by atoms with van der Waals surface area (Å²) in [5.74, 6) is 0.389. The second kappa shape index (κ2) is 6.57. The van der Waals surface area contributed by atoms with Gasteiger partial charge >= 0.3 is 5.69 Å². The highest BCUT2D eigenvalue weighted by Crippen LogP contribution is 2.31.